The van der Waals surface area contributed by atoms with Crippen LogP contribution in [-0.2, 0) is 65.4 Å². The quantitative estimate of drug-likeness (QED) is 0.0222. The van der Waals surface area contributed by atoms with E-state index >= 15 is 0 Å². The molecule has 3 unspecified atom stereocenters. The fourth-order valence-corrected chi connectivity index (χ4v) is 14.7. The Morgan fingerprint density at radius 3 is 0.731 bits per heavy atom. The van der Waals surface area contributed by atoms with Gasteiger partial charge in [-0.2, -0.15) is 0 Å². The lowest BCUT2D eigenvalue weighted by Crippen LogP contribution is -2.30. The lowest BCUT2D eigenvalue weighted by atomic mass is 9.99. The molecule has 618 valence electrons. The number of carbonyl (C=O) groups excluding carboxylic acids is 4. The molecule has 0 saturated heterocycles. The first-order valence-electron chi connectivity index (χ1n) is 43.9. The lowest BCUT2D eigenvalue weighted by molar-refractivity contribution is -0.161. The van der Waals surface area contributed by atoms with Crippen LogP contribution in [0.15, 0.2) is 0 Å². The smallest absolute Gasteiger partial charge is 0.462 e. The molecule has 0 spiro atoms. The fraction of sp³-hybridized carbons (Fsp3) is 0.953. The molecule has 19 heteroatoms. The first-order chi connectivity index (χ1) is 50.3. The van der Waals surface area contributed by atoms with Gasteiger partial charge in [0.25, 0.3) is 0 Å². The van der Waals surface area contributed by atoms with Crippen LogP contribution < -0.4 is 0 Å². The van der Waals surface area contributed by atoms with Crippen molar-refractivity contribution >= 4 is 39.5 Å². The Labute approximate surface area is 638 Å². The second kappa shape index (κ2) is 75.1. The van der Waals surface area contributed by atoms with Crippen LogP contribution in [0.5, 0.6) is 0 Å². The highest BCUT2D eigenvalue weighted by Gasteiger charge is 2.30. The number of esters is 4. The van der Waals surface area contributed by atoms with E-state index < -0.39 is 97.5 Å². The third-order valence-corrected chi connectivity index (χ3v) is 22.1. The van der Waals surface area contributed by atoms with E-state index in [0.717, 1.165) is 108 Å². The summed E-state index contributed by atoms with van der Waals surface area (Å²) in [4.78, 5) is 73.2. The summed E-state index contributed by atoms with van der Waals surface area (Å²) in [5, 5.41) is 10.7. The van der Waals surface area contributed by atoms with Crippen LogP contribution in [0, 0.1) is 17.8 Å². The predicted octanol–water partition coefficient (Wildman–Crippen LogP) is 25.7. The molecule has 0 rings (SSSR count). The van der Waals surface area contributed by atoms with Gasteiger partial charge in [0.1, 0.15) is 19.3 Å². The Morgan fingerprint density at radius 2 is 0.490 bits per heavy atom. The fourth-order valence-electron chi connectivity index (χ4n) is 13.2. The molecule has 0 bridgehead atoms. The van der Waals surface area contributed by atoms with Crippen molar-refractivity contribution in [1.82, 2.24) is 0 Å². The third-order valence-electron chi connectivity index (χ3n) is 20.2. The van der Waals surface area contributed by atoms with E-state index in [2.05, 4.69) is 48.5 Å². The molecule has 3 N–H and O–H groups in total. The number of aliphatic hydroxyl groups excluding tert-OH is 1. The van der Waals surface area contributed by atoms with Crippen molar-refractivity contribution in [3.8, 4) is 0 Å². The van der Waals surface area contributed by atoms with Gasteiger partial charge in [-0.25, -0.2) is 9.13 Å². The molecule has 0 heterocycles. The number of rotatable bonds is 83. The molecule has 0 fully saturated rings. The predicted molar refractivity (Wildman–Crippen MR) is 428 cm³/mol. The Bertz CT molecular complexity index is 2010. The maximum atomic E-state index is 13.1. The second-order valence-electron chi connectivity index (χ2n) is 31.8. The van der Waals surface area contributed by atoms with Crippen molar-refractivity contribution in [3.63, 3.8) is 0 Å². The molecule has 0 aliphatic heterocycles. The summed E-state index contributed by atoms with van der Waals surface area (Å²) in [5.74, 6) is 0.282. The van der Waals surface area contributed by atoms with Crippen LogP contribution in [-0.4, -0.2) is 96.7 Å². The summed E-state index contributed by atoms with van der Waals surface area (Å²) in [6.45, 7) is 12.0. The summed E-state index contributed by atoms with van der Waals surface area (Å²) >= 11 is 0. The zero-order chi connectivity index (χ0) is 76.5. The zero-order valence-electron chi connectivity index (χ0n) is 68.5. The van der Waals surface area contributed by atoms with E-state index in [9.17, 15) is 43.2 Å². The molecule has 0 aliphatic carbocycles. The van der Waals surface area contributed by atoms with Crippen molar-refractivity contribution in [2.45, 2.75) is 465 Å². The highest BCUT2D eigenvalue weighted by molar-refractivity contribution is 7.47. The van der Waals surface area contributed by atoms with E-state index in [4.69, 9.17) is 37.0 Å². The van der Waals surface area contributed by atoms with Crippen LogP contribution in [0.3, 0.4) is 0 Å². The molecule has 0 radical (unpaired) electrons. The van der Waals surface area contributed by atoms with Crippen LogP contribution in [0.2, 0.25) is 0 Å². The average molecular weight is 1520 g/mol. The first kappa shape index (κ1) is 102. The molecular weight excluding hydrogens is 1350 g/mol. The van der Waals surface area contributed by atoms with Gasteiger partial charge in [0.2, 0.25) is 0 Å². The molecular formula is C85H166O17P2. The zero-order valence-corrected chi connectivity index (χ0v) is 70.3. The van der Waals surface area contributed by atoms with Crippen molar-refractivity contribution < 1.29 is 80.2 Å². The number of phosphoric acid groups is 2. The molecule has 104 heavy (non-hydrogen) atoms. The minimum absolute atomic E-state index is 0.108. The van der Waals surface area contributed by atoms with Gasteiger partial charge in [-0.15, -0.1) is 0 Å². The Hall–Kier alpha value is -1.94. The maximum absolute atomic E-state index is 13.1. The normalized spacial score (nSPS) is 14.2. The number of carbonyl (C=O) groups is 4. The number of ether oxygens (including phenoxy) is 4. The van der Waals surface area contributed by atoms with Crippen molar-refractivity contribution in [2.75, 3.05) is 39.6 Å². The third kappa shape index (κ3) is 76.8. The summed E-state index contributed by atoms with van der Waals surface area (Å²) in [7, 11) is -9.93. The monoisotopic (exact) mass is 1520 g/mol. The number of hydrogen-bond acceptors (Lipinski definition) is 15. The standard InChI is InChI=1S/C85H166O17P2/c1-8-10-11-12-13-14-15-16-17-22-28-33-38-47-54-61-68-85(90)102-81(73-96-83(88)67-60-53-46-41-40-44-51-58-65-78(7)9-2)75-100-104(93,94)98-71-79(86)70-97-103(91,92)99-74-80(101-84(89)69-62-55-48-39-34-29-24-19-21-26-31-36-43-50-57-64-77(5)6)72-95-82(87)66-59-52-45-37-32-27-23-18-20-25-30-35-42-49-56-63-76(3)4/h76-81,86H,8-75H2,1-7H3,(H,91,92)(H,93,94)/t78?,79-,80-,81-/m1/s1. The van der Waals surface area contributed by atoms with E-state index in [-0.39, 0.29) is 25.7 Å². The van der Waals surface area contributed by atoms with Gasteiger partial charge in [-0.3, -0.25) is 37.3 Å². The molecule has 0 aliphatic rings. The van der Waals surface area contributed by atoms with Crippen molar-refractivity contribution in [1.29, 1.82) is 0 Å². The molecule has 0 saturated carbocycles. The SMILES string of the molecule is CCCCCCCCCCCCCCCCCCC(=O)O[C@H](COC(=O)CCCCCCCCCCC(C)CC)COP(=O)(O)OC[C@H](O)COP(=O)(O)OC[C@@H](COC(=O)CCCCCCCCCCCCCCCCCC(C)C)OC(=O)CCCCCCCCCCCCCCCCCC(C)C. The van der Waals surface area contributed by atoms with Gasteiger partial charge >= 0.3 is 39.5 Å². The summed E-state index contributed by atoms with van der Waals surface area (Å²) in [6.07, 6.45) is 65.1. The van der Waals surface area contributed by atoms with E-state index in [1.165, 1.54) is 257 Å². The highest BCUT2D eigenvalue weighted by atomic mass is 31.2. The average Bonchev–Trinajstić information content (AvgIpc) is 0.912. The minimum Gasteiger partial charge on any atom is -0.462 e. The number of phosphoric ester groups is 2. The highest BCUT2D eigenvalue weighted by Crippen LogP contribution is 2.45. The largest absolute Gasteiger partial charge is 0.472 e. The van der Waals surface area contributed by atoms with E-state index in [1.54, 1.807) is 0 Å². The minimum atomic E-state index is -4.97. The van der Waals surface area contributed by atoms with Gasteiger partial charge in [0.15, 0.2) is 12.2 Å². The van der Waals surface area contributed by atoms with Crippen molar-refractivity contribution in [3.05, 3.63) is 0 Å². The van der Waals surface area contributed by atoms with Crippen LogP contribution >= 0.6 is 15.6 Å². The maximum Gasteiger partial charge on any atom is 0.472 e. The van der Waals surface area contributed by atoms with E-state index in [1.807, 2.05) is 0 Å². The molecule has 0 amide bonds. The molecule has 0 aromatic rings. The van der Waals surface area contributed by atoms with Crippen LogP contribution in [0.4, 0.5) is 0 Å². The number of unbranched alkanes of at least 4 members (excludes halogenated alkanes) is 50. The van der Waals surface area contributed by atoms with Crippen molar-refractivity contribution in [2.24, 2.45) is 17.8 Å². The Morgan fingerprint density at radius 1 is 0.279 bits per heavy atom. The van der Waals surface area contributed by atoms with E-state index in [0.29, 0.717) is 25.7 Å². The van der Waals surface area contributed by atoms with Crippen LogP contribution in [0.25, 0.3) is 0 Å². The van der Waals surface area contributed by atoms with Gasteiger partial charge in [0, 0.05) is 25.7 Å². The summed E-state index contributed by atoms with van der Waals surface area (Å²) in [5.41, 5.74) is 0. The van der Waals surface area contributed by atoms with Crippen LogP contribution in [0.1, 0.15) is 447 Å². The molecule has 6 atom stereocenters. The number of hydrogen-bond donors (Lipinski definition) is 3. The Balaban J connectivity index is 5.27. The second-order valence-corrected chi connectivity index (χ2v) is 34.7. The summed E-state index contributed by atoms with van der Waals surface area (Å²) in [6, 6.07) is 0. The lowest BCUT2D eigenvalue weighted by Gasteiger charge is -2.21. The van der Waals surface area contributed by atoms with Gasteiger partial charge in [-0.1, -0.05) is 395 Å². The molecule has 0 aromatic carbocycles. The summed E-state index contributed by atoms with van der Waals surface area (Å²) < 4.78 is 68.9. The van der Waals surface area contributed by atoms with Gasteiger partial charge < -0.3 is 33.8 Å². The Kier molecular flexibility index (Phi) is 73.7. The molecule has 0 aromatic heterocycles. The van der Waals surface area contributed by atoms with Gasteiger partial charge in [0.05, 0.1) is 26.4 Å². The first-order valence-corrected chi connectivity index (χ1v) is 46.9. The topological polar surface area (TPSA) is 237 Å². The molecule has 17 nitrogen and oxygen atoms in total. The number of aliphatic hydroxyl groups is 1. The van der Waals surface area contributed by atoms with Gasteiger partial charge in [-0.05, 0) is 43.4 Å².